The number of amides is 2. The van der Waals surface area contributed by atoms with Crippen LogP contribution in [0, 0.1) is 19.8 Å². The molecule has 120 valence electrons. The lowest BCUT2D eigenvalue weighted by Gasteiger charge is -2.35. The fraction of sp³-hybridized carbons (Fsp3) is 0.556. The summed E-state index contributed by atoms with van der Waals surface area (Å²) in [5.74, 6) is 0.360. The smallest absolute Gasteiger partial charge is 0.227 e. The number of hydrogen-bond acceptors (Lipinski definition) is 2. The molecule has 0 aliphatic carbocycles. The largest absolute Gasteiger partial charge is 0.339 e. The summed E-state index contributed by atoms with van der Waals surface area (Å²) in [6.07, 6.45) is 0.444. The summed E-state index contributed by atoms with van der Waals surface area (Å²) in [7, 11) is 0. The molecule has 2 amide bonds. The maximum atomic E-state index is 12.4. The van der Waals surface area contributed by atoms with Crippen LogP contribution < -0.4 is 0 Å². The van der Waals surface area contributed by atoms with Gasteiger partial charge in [0.1, 0.15) is 0 Å². The first-order valence-electron chi connectivity index (χ1n) is 8.01. The molecule has 1 aliphatic rings. The second-order valence-corrected chi connectivity index (χ2v) is 6.46. The number of carbonyl (C=O) groups is 2. The van der Waals surface area contributed by atoms with Gasteiger partial charge >= 0.3 is 0 Å². The standard InChI is InChI=1S/C18H26N2O2/c1-13(2)18(22)20-9-7-19(8-10-20)17(21)12-16-6-5-14(3)15(4)11-16/h5-6,11,13H,7-10,12H2,1-4H3. The topological polar surface area (TPSA) is 40.6 Å². The van der Waals surface area contributed by atoms with Gasteiger partial charge in [0.05, 0.1) is 6.42 Å². The first-order chi connectivity index (χ1) is 10.4. The highest BCUT2D eigenvalue weighted by atomic mass is 16.2. The Morgan fingerprint density at radius 2 is 1.59 bits per heavy atom. The van der Waals surface area contributed by atoms with Crippen molar-refractivity contribution < 1.29 is 9.59 Å². The highest BCUT2D eigenvalue weighted by Gasteiger charge is 2.25. The van der Waals surface area contributed by atoms with Crippen LogP contribution in [0.5, 0.6) is 0 Å². The van der Waals surface area contributed by atoms with Crippen molar-refractivity contribution >= 4 is 11.8 Å². The summed E-state index contributed by atoms with van der Waals surface area (Å²) < 4.78 is 0. The van der Waals surface area contributed by atoms with E-state index in [0.717, 1.165) is 5.56 Å². The van der Waals surface area contributed by atoms with Crippen molar-refractivity contribution in [2.24, 2.45) is 5.92 Å². The molecule has 1 saturated heterocycles. The van der Waals surface area contributed by atoms with Gasteiger partial charge in [0.2, 0.25) is 11.8 Å². The quantitative estimate of drug-likeness (QED) is 0.858. The summed E-state index contributed by atoms with van der Waals surface area (Å²) in [5, 5.41) is 0. The maximum absolute atomic E-state index is 12.4. The van der Waals surface area contributed by atoms with Crippen molar-refractivity contribution in [2.45, 2.75) is 34.1 Å². The van der Waals surface area contributed by atoms with Crippen LogP contribution in [-0.4, -0.2) is 47.8 Å². The molecule has 0 atom stereocenters. The van der Waals surface area contributed by atoms with Crippen LogP contribution in [0.15, 0.2) is 18.2 Å². The van der Waals surface area contributed by atoms with Gasteiger partial charge in [-0.05, 0) is 30.5 Å². The second kappa shape index (κ2) is 6.95. The predicted molar refractivity (Wildman–Crippen MR) is 87.6 cm³/mol. The molecule has 0 N–H and O–H groups in total. The van der Waals surface area contributed by atoms with Crippen LogP contribution in [0.2, 0.25) is 0 Å². The summed E-state index contributed by atoms with van der Waals surface area (Å²) in [6.45, 7) is 10.6. The first kappa shape index (κ1) is 16.5. The molecule has 4 nitrogen and oxygen atoms in total. The summed E-state index contributed by atoms with van der Waals surface area (Å²) >= 11 is 0. The minimum absolute atomic E-state index is 0.0257. The molecular weight excluding hydrogens is 276 g/mol. The third-order valence-corrected chi connectivity index (χ3v) is 4.36. The molecule has 0 aromatic heterocycles. The Kier molecular flexibility index (Phi) is 5.22. The van der Waals surface area contributed by atoms with Crippen molar-refractivity contribution in [3.63, 3.8) is 0 Å². The fourth-order valence-corrected chi connectivity index (χ4v) is 2.74. The van der Waals surface area contributed by atoms with Crippen LogP contribution in [0.4, 0.5) is 0 Å². The molecule has 1 aliphatic heterocycles. The van der Waals surface area contributed by atoms with E-state index in [2.05, 4.69) is 26.0 Å². The van der Waals surface area contributed by atoms with E-state index in [4.69, 9.17) is 0 Å². The Morgan fingerprint density at radius 3 is 2.14 bits per heavy atom. The van der Waals surface area contributed by atoms with E-state index < -0.39 is 0 Å². The van der Waals surface area contributed by atoms with Crippen LogP contribution in [0.25, 0.3) is 0 Å². The van der Waals surface area contributed by atoms with E-state index in [1.54, 1.807) is 0 Å². The molecule has 1 aromatic rings. The van der Waals surface area contributed by atoms with Crippen LogP contribution in [-0.2, 0) is 16.0 Å². The Hall–Kier alpha value is -1.84. The van der Waals surface area contributed by atoms with E-state index in [1.807, 2.05) is 29.7 Å². The number of hydrogen-bond donors (Lipinski definition) is 0. The van der Waals surface area contributed by atoms with Gasteiger partial charge in [0.15, 0.2) is 0 Å². The van der Waals surface area contributed by atoms with E-state index in [9.17, 15) is 9.59 Å². The molecule has 22 heavy (non-hydrogen) atoms. The van der Waals surface area contributed by atoms with Crippen molar-refractivity contribution in [3.05, 3.63) is 34.9 Å². The van der Waals surface area contributed by atoms with Gasteiger partial charge in [-0.15, -0.1) is 0 Å². The van der Waals surface area contributed by atoms with E-state index in [0.29, 0.717) is 32.6 Å². The molecule has 1 heterocycles. The van der Waals surface area contributed by atoms with Gasteiger partial charge in [-0.1, -0.05) is 32.0 Å². The average Bonchev–Trinajstić information content (AvgIpc) is 2.50. The summed E-state index contributed by atoms with van der Waals surface area (Å²) in [5.41, 5.74) is 3.53. The molecule has 4 heteroatoms. The summed E-state index contributed by atoms with van der Waals surface area (Å²) in [6, 6.07) is 6.18. The van der Waals surface area contributed by atoms with E-state index in [1.165, 1.54) is 11.1 Å². The zero-order valence-corrected chi connectivity index (χ0v) is 14.1. The number of piperazine rings is 1. The predicted octanol–water partition coefficient (Wildman–Crippen LogP) is 2.17. The fourth-order valence-electron chi connectivity index (χ4n) is 2.74. The number of carbonyl (C=O) groups excluding carboxylic acids is 2. The lowest BCUT2D eigenvalue weighted by atomic mass is 10.0. The molecule has 0 radical (unpaired) electrons. The lowest BCUT2D eigenvalue weighted by Crippen LogP contribution is -2.51. The van der Waals surface area contributed by atoms with Crippen LogP contribution in [0.1, 0.15) is 30.5 Å². The average molecular weight is 302 g/mol. The third-order valence-electron chi connectivity index (χ3n) is 4.36. The minimum atomic E-state index is 0.0257. The molecular formula is C18H26N2O2. The van der Waals surface area contributed by atoms with E-state index >= 15 is 0 Å². The van der Waals surface area contributed by atoms with Gasteiger partial charge in [0.25, 0.3) is 0 Å². The minimum Gasteiger partial charge on any atom is -0.339 e. The number of rotatable bonds is 3. The van der Waals surface area contributed by atoms with Crippen molar-refractivity contribution in [1.29, 1.82) is 0 Å². The van der Waals surface area contributed by atoms with Crippen molar-refractivity contribution in [1.82, 2.24) is 9.80 Å². The lowest BCUT2D eigenvalue weighted by molar-refractivity contribution is -0.141. The van der Waals surface area contributed by atoms with E-state index in [-0.39, 0.29) is 17.7 Å². The number of benzene rings is 1. The molecule has 0 bridgehead atoms. The highest BCUT2D eigenvalue weighted by molar-refractivity contribution is 5.80. The normalized spacial score (nSPS) is 15.3. The molecule has 1 aromatic carbocycles. The van der Waals surface area contributed by atoms with Gasteiger partial charge in [-0.25, -0.2) is 0 Å². The molecule has 0 unspecified atom stereocenters. The molecule has 2 rings (SSSR count). The molecule has 1 fully saturated rings. The maximum Gasteiger partial charge on any atom is 0.227 e. The zero-order chi connectivity index (χ0) is 16.3. The number of aryl methyl sites for hydroxylation is 2. The third kappa shape index (κ3) is 3.87. The second-order valence-electron chi connectivity index (χ2n) is 6.46. The zero-order valence-electron chi connectivity index (χ0n) is 14.1. The Labute approximate surface area is 133 Å². The van der Waals surface area contributed by atoms with Gasteiger partial charge < -0.3 is 9.80 Å². The highest BCUT2D eigenvalue weighted by Crippen LogP contribution is 2.13. The van der Waals surface area contributed by atoms with Crippen LogP contribution >= 0.6 is 0 Å². The molecule has 0 spiro atoms. The Balaban J connectivity index is 1.89. The molecule has 0 saturated carbocycles. The van der Waals surface area contributed by atoms with Gasteiger partial charge in [-0.3, -0.25) is 9.59 Å². The van der Waals surface area contributed by atoms with Crippen molar-refractivity contribution in [2.75, 3.05) is 26.2 Å². The van der Waals surface area contributed by atoms with Gasteiger partial charge in [-0.2, -0.15) is 0 Å². The van der Waals surface area contributed by atoms with Crippen molar-refractivity contribution in [3.8, 4) is 0 Å². The van der Waals surface area contributed by atoms with Crippen LogP contribution in [0.3, 0.4) is 0 Å². The Bertz CT molecular complexity index is 558. The summed E-state index contributed by atoms with van der Waals surface area (Å²) in [4.78, 5) is 28.1. The first-order valence-corrected chi connectivity index (χ1v) is 8.01. The Morgan fingerprint density at radius 1 is 1.00 bits per heavy atom. The SMILES string of the molecule is Cc1ccc(CC(=O)N2CCN(C(=O)C(C)C)CC2)cc1C. The van der Waals surface area contributed by atoms with Gasteiger partial charge in [0, 0.05) is 32.1 Å². The monoisotopic (exact) mass is 302 g/mol. The number of nitrogens with zero attached hydrogens (tertiary/aromatic N) is 2.